The van der Waals surface area contributed by atoms with Crippen LogP contribution in [0.1, 0.15) is 48.8 Å². The summed E-state index contributed by atoms with van der Waals surface area (Å²) in [6.07, 6.45) is 13.7. The summed E-state index contributed by atoms with van der Waals surface area (Å²) in [7, 11) is 0. The molecule has 0 aliphatic carbocycles. The molecule has 16 heavy (non-hydrogen) atoms. The molecule has 0 spiro atoms. The van der Waals surface area contributed by atoms with Crippen molar-refractivity contribution in [3.8, 4) is 5.92 Å². The van der Waals surface area contributed by atoms with E-state index in [9.17, 15) is 0 Å². The molecule has 0 fully saturated rings. The van der Waals surface area contributed by atoms with Crippen molar-refractivity contribution in [2.24, 2.45) is 0 Å². The summed E-state index contributed by atoms with van der Waals surface area (Å²) in [4.78, 5) is 0. The molecular formula is C16H21. The van der Waals surface area contributed by atoms with E-state index < -0.39 is 0 Å². The average molecular weight is 213 g/mol. The van der Waals surface area contributed by atoms with Crippen LogP contribution in [0.4, 0.5) is 0 Å². The predicted molar refractivity (Wildman–Crippen MR) is 69.8 cm³/mol. The largest absolute Gasteiger partial charge is 0.0891 e. The van der Waals surface area contributed by atoms with Crippen LogP contribution in [0.5, 0.6) is 0 Å². The predicted octanol–water partition coefficient (Wildman–Crippen LogP) is 4.39. The molecule has 0 heterocycles. The standard InChI is InChI=1S/C16H21/c1-4-5-6-7-8-9-12-16-13-10-11-14(2)15(16)3/h10-11,13H,5-9,12H2,2-3H3. The fourth-order valence-corrected chi connectivity index (χ4v) is 1.97. The highest BCUT2D eigenvalue weighted by Crippen LogP contribution is 2.16. The summed E-state index contributed by atoms with van der Waals surface area (Å²) in [5, 5.41) is 0. The van der Waals surface area contributed by atoms with E-state index in [0.29, 0.717) is 0 Å². The summed E-state index contributed by atoms with van der Waals surface area (Å²) in [6.45, 7) is 4.40. The smallest absolute Gasteiger partial charge is 0.00989 e. The van der Waals surface area contributed by atoms with Crippen molar-refractivity contribution in [1.82, 2.24) is 0 Å². The Hall–Kier alpha value is -1.22. The van der Waals surface area contributed by atoms with Gasteiger partial charge in [-0.05, 0) is 56.2 Å². The molecule has 0 aliphatic rings. The van der Waals surface area contributed by atoms with Crippen molar-refractivity contribution < 1.29 is 0 Å². The van der Waals surface area contributed by atoms with Crippen molar-refractivity contribution in [2.75, 3.05) is 0 Å². The zero-order valence-electron chi connectivity index (χ0n) is 10.5. The highest BCUT2D eigenvalue weighted by Gasteiger charge is 2.00. The average Bonchev–Trinajstić information content (AvgIpc) is 2.29. The molecule has 0 saturated heterocycles. The zero-order chi connectivity index (χ0) is 11.8. The first kappa shape index (κ1) is 12.8. The van der Waals surface area contributed by atoms with E-state index >= 15 is 0 Å². The highest BCUT2D eigenvalue weighted by molar-refractivity contribution is 5.33. The maximum Gasteiger partial charge on any atom is 0.00989 e. The molecule has 1 rings (SSSR count). The number of aryl methyl sites for hydroxylation is 2. The summed E-state index contributed by atoms with van der Waals surface area (Å²) >= 11 is 0. The van der Waals surface area contributed by atoms with Gasteiger partial charge in [-0.1, -0.05) is 37.0 Å². The molecule has 0 aromatic heterocycles. The van der Waals surface area contributed by atoms with Gasteiger partial charge in [-0.3, -0.25) is 0 Å². The molecule has 0 bridgehead atoms. The summed E-state index contributed by atoms with van der Waals surface area (Å²) < 4.78 is 0. The van der Waals surface area contributed by atoms with E-state index in [1.807, 2.05) is 0 Å². The van der Waals surface area contributed by atoms with Gasteiger partial charge in [0.15, 0.2) is 0 Å². The third-order valence-corrected chi connectivity index (χ3v) is 3.21. The second kappa shape index (κ2) is 7.12. The first-order valence-corrected chi connectivity index (χ1v) is 6.20. The second-order valence-electron chi connectivity index (χ2n) is 4.45. The molecular weight excluding hydrogens is 192 g/mol. The summed E-state index contributed by atoms with van der Waals surface area (Å²) in [5.74, 6) is 2.44. The van der Waals surface area contributed by atoms with Gasteiger partial charge in [0.05, 0.1) is 0 Å². The first-order chi connectivity index (χ1) is 7.75. The Kier molecular flexibility index (Phi) is 5.72. The first-order valence-electron chi connectivity index (χ1n) is 6.20. The lowest BCUT2D eigenvalue weighted by molar-refractivity contribution is 0.649. The van der Waals surface area contributed by atoms with Crippen molar-refractivity contribution in [2.45, 2.75) is 52.4 Å². The minimum absolute atomic E-state index is 0.823. The molecule has 0 aliphatic heterocycles. The molecule has 1 radical (unpaired) electrons. The van der Waals surface area contributed by atoms with Gasteiger partial charge in [0.25, 0.3) is 0 Å². The van der Waals surface area contributed by atoms with Crippen LogP contribution in [0, 0.1) is 26.2 Å². The monoisotopic (exact) mass is 213 g/mol. The Morgan fingerprint density at radius 2 is 1.81 bits per heavy atom. The maximum absolute atomic E-state index is 6.82. The molecule has 0 nitrogen and oxygen atoms in total. The maximum atomic E-state index is 6.82. The van der Waals surface area contributed by atoms with E-state index in [4.69, 9.17) is 6.42 Å². The van der Waals surface area contributed by atoms with Gasteiger partial charge in [-0.25, -0.2) is 0 Å². The van der Waals surface area contributed by atoms with Crippen molar-refractivity contribution >= 4 is 0 Å². The Morgan fingerprint density at radius 3 is 2.56 bits per heavy atom. The van der Waals surface area contributed by atoms with Gasteiger partial charge in [0.1, 0.15) is 0 Å². The van der Waals surface area contributed by atoms with Crippen molar-refractivity contribution in [3.05, 3.63) is 41.3 Å². The number of rotatable bonds is 6. The zero-order valence-corrected chi connectivity index (χ0v) is 10.5. The lowest BCUT2D eigenvalue weighted by Gasteiger charge is -2.08. The van der Waals surface area contributed by atoms with Gasteiger partial charge >= 0.3 is 0 Å². The molecule has 0 N–H and O–H groups in total. The molecule has 1 aromatic rings. The minimum atomic E-state index is 0.823. The van der Waals surface area contributed by atoms with Crippen LogP contribution in [0.25, 0.3) is 0 Å². The molecule has 1 aromatic carbocycles. The SMILES string of the molecule is [C]#CCCCCCCc1cccc(C)c1C. The normalized spacial score (nSPS) is 10.1. The van der Waals surface area contributed by atoms with E-state index in [1.165, 1.54) is 42.4 Å². The van der Waals surface area contributed by atoms with Gasteiger partial charge in [0, 0.05) is 6.42 Å². The Morgan fingerprint density at radius 1 is 1.06 bits per heavy atom. The summed E-state index contributed by atoms with van der Waals surface area (Å²) in [5.41, 5.74) is 4.35. The van der Waals surface area contributed by atoms with Crippen molar-refractivity contribution in [1.29, 1.82) is 0 Å². The van der Waals surface area contributed by atoms with Crippen LogP contribution in [0.3, 0.4) is 0 Å². The summed E-state index contributed by atoms with van der Waals surface area (Å²) in [6, 6.07) is 6.58. The third-order valence-electron chi connectivity index (χ3n) is 3.21. The van der Waals surface area contributed by atoms with E-state index in [-0.39, 0.29) is 0 Å². The van der Waals surface area contributed by atoms with Crippen LogP contribution in [-0.2, 0) is 6.42 Å². The van der Waals surface area contributed by atoms with Crippen LogP contribution < -0.4 is 0 Å². The quantitative estimate of drug-likeness (QED) is 0.486. The molecule has 85 valence electrons. The number of benzene rings is 1. The topological polar surface area (TPSA) is 0 Å². The Labute approximate surface area is 100 Å². The van der Waals surface area contributed by atoms with E-state index in [1.54, 1.807) is 0 Å². The lowest BCUT2D eigenvalue weighted by Crippen LogP contribution is -1.92. The minimum Gasteiger partial charge on any atom is -0.0891 e. The Balaban J connectivity index is 2.27. The van der Waals surface area contributed by atoms with E-state index in [2.05, 4.69) is 38.0 Å². The van der Waals surface area contributed by atoms with Gasteiger partial charge < -0.3 is 0 Å². The van der Waals surface area contributed by atoms with Crippen LogP contribution in [-0.4, -0.2) is 0 Å². The van der Waals surface area contributed by atoms with Crippen LogP contribution in [0.2, 0.25) is 0 Å². The third kappa shape index (κ3) is 4.11. The van der Waals surface area contributed by atoms with Crippen molar-refractivity contribution in [3.63, 3.8) is 0 Å². The Bertz CT molecular complexity index is 355. The van der Waals surface area contributed by atoms with Gasteiger partial charge in [0.2, 0.25) is 0 Å². The molecule has 0 saturated carbocycles. The van der Waals surface area contributed by atoms with Gasteiger partial charge in [-0.2, -0.15) is 0 Å². The van der Waals surface area contributed by atoms with Crippen LogP contribution in [0.15, 0.2) is 18.2 Å². The number of hydrogen-bond donors (Lipinski definition) is 0. The van der Waals surface area contributed by atoms with E-state index in [0.717, 1.165) is 12.8 Å². The van der Waals surface area contributed by atoms with Crippen LogP contribution >= 0.6 is 0 Å². The van der Waals surface area contributed by atoms with Gasteiger partial charge in [-0.15, -0.1) is 0 Å². The second-order valence-corrected chi connectivity index (χ2v) is 4.45. The molecule has 0 atom stereocenters. The fraction of sp³-hybridized carbons (Fsp3) is 0.500. The molecule has 0 unspecified atom stereocenters. The highest BCUT2D eigenvalue weighted by atomic mass is 14.1. The number of hydrogen-bond acceptors (Lipinski definition) is 0. The molecule has 0 heteroatoms. The number of unbranched alkanes of at least 4 members (excludes halogenated alkanes) is 4. The molecule has 0 amide bonds. The lowest BCUT2D eigenvalue weighted by atomic mass is 9.98. The fourth-order valence-electron chi connectivity index (χ4n) is 1.97.